The standard InChI is InChI=1S/C23H25F3N2O5S.C22H23F3N2O5S.ClH/c1-4-16-11-17(20(30)14-6-8-15(9-7-14)33-23(24,25)26)21(34-16)27-19(29)12-28-13(2)5-10-18(28)22(31)32-3;1-3-15-10-16(19(29)13-5-7-14(8-6-13)32-22(23,24)25)20(33-15)26-18(28)11-27-12(2)4-9-17(27)21(30)31;/h6-9,11,13,18H,4-5,10,12H2,1-3H3,(H,27,29);5-8,10,12,17H,3-4,9,11H2,1-2H3,(H,26,28)(H,30,31);1H/t13-,18-;12-,17-;/m11./s1. The number of nitrogens with zero attached hydrogens (tertiary/aromatic N) is 2. The number of esters is 1. The van der Waals surface area contributed by atoms with E-state index in [4.69, 9.17) is 4.74 Å². The van der Waals surface area contributed by atoms with Crippen LogP contribution in [0.15, 0.2) is 60.7 Å². The van der Waals surface area contributed by atoms with Crippen molar-refractivity contribution < 1.29 is 74.4 Å². The average molecular weight is 1020 g/mol. The fraction of sp³-hybridized carbons (Fsp3) is 0.422. The van der Waals surface area contributed by atoms with Gasteiger partial charge in [0.15, 0.2) is 11.6 Å². The molecule has 0 aliphatic carbocycles. The van der Waals surface area contributed by atoms with Crippen molar-refractivity contribution in [1.29, 1.82) is 0 Å². The molecule has 6 rings (SSSR count). The minimum absolute atomic E-state index is 0. The van der Waals surface area contributed by atoms with E-state index in [0.717, 1.165) is 40.4 Å². The number of nitrogens with one attached hydrogen (secondary N) is 2. The Kier molecular flexibility index (Phi) is 19.1. The number of amides is 2. The molecule has 0 saturated carbocycles. The number of carboxylic acids is 1. The number of rotatable bonds is 16. The zero-order valence-corrected chi connectivity index (χ0v) is 39.7. The number of methoxy groups -OCH3 is 1. The second-order valence-corrected chi connectivity index (χ2v) is 17.9. The number of hydrogen-bond acceptors (Lipinski definition) is 13. The Morgan fingerprint density at radius 1 is 0.647 bits per heavy atom. The number of halogens is 7. The first-order valence-electron chi connectivity index (χ1n) is 21.0. The number of ether oxygens (including phenoxy) is 3. The minimum Gasteiger partial charge on any atom is -0.480 e. The highest BCUT2D eigenvalue weighted by molar-refractivity contribution is 7.17. The fourth-order valence-electron chi connectivity index (χ4n) is 7.61. The van der Waals surface area contributed by atoms with Gasteiger partial charge in [0.05, 0.1) is 31.3 Å². The van der Waals surface area contributed by atoms with Crippen LogP contribution in [-0.2, 0) is 36.8 Å². The van der Waals surface area contributed by atoms with Crippen molar-refractivity contribution >= 4 is 80.4 Å². The molecule has 4 heterocycles. The topological polar surface area (TPSA) is 181 Å². The van der Waals surface area contributed by atoms with E-state index in [2.05, 4.69) is 20.1 Å². The third-order valence-electron chi connectivity index (χ3n) is 11.0. The Morgan fingerprint density at radius 3 is 1.35 bits per heavy atom. The van der Waals surface area contributed by atoms with Crippen molar-refractivity contribution in [3.63, 3.8) is 0 Å². The van der Waals surface area contributed by atoms with Crippen LogP contribution in [-0.4, -0.2) is 107 Å². The summed E-state index contributed by atoms with van der Waals surface area (Å²) in [5.74, 6) is -3.97. The number of likely N-dealkylation sites (tertiary alicyclic amines) is 2. The summed E-state index contributed by atoms with van der Waals surface area (Å²) in [7, 11) is 1.31. The van der Waals surface area contributed by atoms with E-state index in [1.54, 1.807) is 21.9 Å². The molecule has 3 N–H and O–H groups in total. The second-order valence-electron chi connectivity index (χ2n) is 15.6. The molecule has 0 unspecified atom stereocenters. The average Bonchev–Trinajstić information content (AvgIpc) is 4.05. The van der Waals surface area contributed by atoms with Crippen LogP contribution in [0, 0.1) is 0 Å². The van der Waals surface area contributed by atoms with Crippen molar-refractivity contribution in [1.82, 2.24) is 9.80 Å². The van der Waals surface area contributed by atoms with Gasteiger partial charge in [0.25, 0.3) is 0 Å². The lowest BCUT2D eigenvalue weighted by Crippen LogP contribution is -2.44. The summed E-state index contributed by atoms with van der Waals surface area (Å²) >= 11 is 2.48. The molecule has 2 aromatic carbocycles. The summed E-state index contributed by atoms with van der Waals surface area (Å²) in [4.78, 5) is 80.2. The third kappa shape index (κ3) is 14.7. The molecular weight excluding hydrogens is 970 g/mol. The molecule has 2 aromatic heterocycles. The molecule has 68 heavy (non-hydrogen) atoms. The first-order valence-corrected chi connectivity index (χ1v) is 22.6. The highest BCUT2D eigenvalue weighted by atomic mass is 35.5. The Morgan fingerprint density at radius 2 is 1.01 bits per heavy atom. The number of benzene rings is 2. The molecule has 2 aliphatic rings. The zero-order valence-electron chi connectivity index (χ0n) is 37.2. The summed E-state index contributed by atoms with van der Waals surface area (Å²) < 4.78 is 86.7. The summed E-state index contributed by atoms with van der Waals surface area (Å²) in [6.45, 7) is 7.40. The summed E-state index contributed by atoms with van der Waals surface area (Å²) in [6.07, 6.45) is -5.94. The van der Waals surface area contributed by atoms with Gasteiger partial charge in [-0.05, 0) is 113 Å². The van der Waals surface area contributed by atoms with Gasteiger partial charge in [-0.2, -0.15) is 0 Å². The molecule has 2 amide bonds. The quantitative estimate of drug-likeness (QED) is 0.0551. The van der Waals surface area contributed by atoms with Crippen LogP contribution in [0.5, 0.6) is 11.5 Å². The molecular formula is C45H49ClF6N4O10S2. The van der Waals surface area contributed by atoms with Gasteiger partial charge in [-0.15, -0.1) is 61.4 Å². The van der Waals surface area contributed by atoms with Crippen LogP contribution < -0.4 is 20.1 Å². The Labute approximate surface area is 401 Å². The van der Waals surface area contributed by atoms with Gasteiger partial charge >= 0.3 is 24.7 Å². The highest BCUT2D eigenvalue weighted by Crippen LogP contribution is 2.34. The molecule has 0 bridgehead atoms. The molecule has 370 valence electrons. The molecule has 2 saturated heterocycles. The van der Waals surface area contributed by atoms with E-state index in [1.165, 1.54) is 54.0 Å². The van der Waals surface area contributed by atoms with Gasteiger partial charge in [-0.25, -0.2) is 0 Å². The lowest BCUT2D eigenvalue weighted by Gasteiger charge is -2.25. The van der Waals surface area contributed by atoms with Crippen LogP contribution in [0.25, 0.3) is 0 Å². The number of aliphatic carboxylic acids is 1. The number of hydrogen-bond donors (Lipinski definition) is 3. The Bertz CT molecular complexity index is 2430. The zero-order chi connectivity index (χ0) is 49.4. The first kappa shape index (κ1) is 55.0. The van der Waals surface area contributed by atoms with Gasteiger partial charge in [0.2, 0.25) is 11.8 Å². The SMILES string of the molecule is CCc1cc(C(=O)c2ccc(OC(F)(F)F)cc2)c(NC(=O)CN2[C@H](C)CC[C@@H]2C(=O)O)s1.CCc1cc(C(=O)c2ccc(OC(F)(F)F)cc2)c(NC(=O)CN2[C@H](C)CC[C@@H]2C(=O)OC)s1.Cl. The molecule has 0 spiro atoms. The monoisotopic (exact) mass is 1020 g/mol. The molecule has 2 fully saturated rings. The predicted molar refractivity (Wildman–Crippen MR) is 243 cm³/mol. The van der Waals surface area contributed by atoms with Gasteiger partial charge in [0, 0.05) is 33.0 Å². The van der Waals surface area contributed by atoms with Crippen LogP contribution >= 0.6 is 35.1 Å². The maximum absolute atomic E-state index is 13.1. The lowest BCUT2D eigenvalue weighted by atomic mass is 10.0. The number of carboxylic acid groups (broad SMARTS) is 1. The number of ketones is 2. The number of thiophene rings is 2. The van der Waals surface area contributed by atoms with Crippen LogP contribution in [0.3, 0.4) is 0 Å². The second kappa shape index (κ2) is 23.6. The largest absolute Gasteiger partial charge is 0.573 e. The van der Waals surface area contributed by atoms with Crippen molar-refractivity contribution in [2.45, 2.75) is 103 Å². The smallest absolute Gasteiger partial charge is 0.480 e. The molecule has 4 atom stereocenters. The Balaban J connectivity index is 0.000000292. The maximum atomic E-state index is 13.1. The van der Waals surface area contributed by atoms with E-state index in [9.17, 15) is 60.2 Å². The summed E-state index contributed by atoms with van der Waals surface area (Å²) in [6, 6.07) is 11.2. The van der Waals surface area contributed by atoms with E-state index >= 15 is 0 Å². The normalized spacial score (nSPS) is 18.4. The number of carbonyl (C=O) groups excluding carboxylic acids is 5. The van der Waals surface area contributed by atoms with Crippen molar-refractivity contribution in [3.8, 4) is 11.5 Å². The lowest BCUT2D eigenvalue weighted by molar-refractivity contribution is -0.275. The van der Waals surface area contributed by atoms with Crippen LogP contribution in [0.2, 0.25) is 0 Å². The number of anilines is 2. The van der Waals surface area contributed by atoms with Gasteiger partial charge < -0.3 is 30.0 Å². The van der Waals surface area contributed by atoms with E-state index in [-0.39, 0.29) is 65.7 Å². The van der Waals surface area contributed by atoms with Gasteiger partial charge in [-0.1, -0.05) is 13.8 Å². The van der Waals surface area contributed by atoms with Gasteiger partial charge in [0.1, 0.15) is 33.6 Å². The third-order valence-corrected chi connectivity index (χ3v) is 13.4. The number of carbonyl (C=O) groups is 6. The fourth-order valence-corrected chi connectivity index (χ4v) is 9.63. The number of alkyl halides is 6. The minimum atomic E-state index is -4.83. The molecule has 2 aliphatic heterocycles. The molecule has 14 nitrogen and oxygen atoms in total. The van der Waals surface area contributed by atoms with Crippen LogP contribution in [0.4, 0.5) is 36.3 Å². The number of aryl methyl sites for hydroxylation is 2. The predicted octanol–water partition coefficient (Wildman–Crippen LogP) is 9.14. The summed E-state index contributed by atoms with van der Waals surface area (Å²) in [5.41, 5.74) is 0.765. The highest BCUT2D eigenvalue weighted by Gasteiger charge is 2.39. The Hall–Kier alpha value is -5.55. The first-order chi connectivity index (χ1) is 31.5. The van der Waals surface area contributed by atoms with E-state index in [0.29, 0.717) is 42.1 Å². The van der Waals surface area contributed by atoms with E-state index in [1.807, 2.05) is 27.7 Å². The van der Waals surface area contributed by atoms with Gasteiger partial charge in [-0.3, -0.25) is 38.6 Å². The van der Waals surface area contributed by atoms with Crippen molar-refractivity contribution in [2.24, 2.45) is 0 Å². The van der Waals surface area contributed by atoms with E-state index < -0.39 is 65.7 Å². The molecule has 23 heteroatoms. The van der Waals surface area contributed by atoms with Crippen molar-refractivity contribution in [2.75, 3.05) is 30.8 Å². The maximum Gasteiger partial charge on any atom is 0.573 e. The van der Waals surface area contributed by atoms with Crippen molar-refractivity contribution in [3.05, 3.63) is 92.7 Å². The molecule has 0 radical (unpaired) electrons. The molecule has 4 aromatic rings. The summed E-state index contributed by atoms with van der Waals surface area (Å²) in [5, 5.41) is 15.5. The van der Waals surface area contributed by atoms with Crippen LogP contribution in [0.1, 0.15) is 95.0 Å².